The minimum atomic E-state index is -0.152. The van der Waals surface area contributed by atoms with Gasteiger partial charge in [-0.2, -0.15) is 0 Å². The highest BCUT2D eigenvalue weighted by atomic mass is 79.9. The van der Waals surface area contributed by atoms with Crippen LogP contribution in [0.4, 0.5) is 5.00 Å². The summed E-state index contributed by atoms with van der Waals surface area (Å²) in [6, 6.07) is 3.96. The molecule has 0 saturated heterocycles. The van der Waals surface area contributed by atoms with Gasteiger partial charge in [0.2, 0.25) is 0 Å². The third kappa shape index (κ3) is 3.09. The van der Waals surface area contributed by atoms with Gasteiger partial charge in [-0.25, -0.2) is 0 Å². The van der Waals surface area contributed by atoms with Crippen LogP contribution < -0.4 is 10.6 Å². The van der Waals surface area contributed by atoms with Crippen molar-refractivity contribution in [3.8, 4) is 0 Å². The first-order chi connectivity index (χ1) is 11.1. The number of amides is 2. The predicted octanol–water partition coefficient (Wildman–Crippen LogP) is 4.21. The molecule has 4 nitrogen and oxygen atoms in total. The molecule has 4 rings (SSSR count). The maximum absolute atomic E-state index is 12.6. The first-order valence-corrected chi connectivity index (χ1v) is 10.1. The third-order valence-corrected chi connectivity index (χ3v) is 6.91. The number of rotatable bonds is 4. The van der Waals surface area contributed by atoms with E-state index < -0.39 is 0 Å². The predicted molar refractivity (Wildman–Crippen MR) is 96.8 cm³/mol. The molecular weight excluding hydrogens is 396 g/mol. The van der Waals surface area contributed by atoms with E-state index in [9.17, 15) is 9.59 Å². The number of aryl methyl sites for hydroxylation is 1. The molecule has 2 aliphatic carbocycles. The molecule has 2 aromatic rings. The number of hydrogen-bond acceptors (Lipinski definition) is 4. The smallest absolute Gasteiger partial charge is 0.266 e. The number of halogens is 1. The fourth-order valence-electron chi connectivity index (χ4n) is 2.82. The highest BCUT2D eigenvalue weighted by molar-refractivity contribution is 9.11. The standard InChI is InChI=1S/C16H15BrN2O2S2/c17-12-7-6-11(22-12)14(20)19-16-13(15(21)18-8-4-5-8)9-2-1-3-10(9)23-16/h6-8H,1-5H2,(H,18,21)(H,19,20). The van der Waals surface area contributed by atoms with Gasteiger partial charge in [-0.05, 0) is 65.7 Å². The molecular formula is C16H15BrN2O2S2. The van der Waals surface area contributed by atoms with E-state index in [1.165, 1.54) is 16.2 Å². The summed E-state index contributed by atoms with van der Waals surface area (Å²) in [5.41, 5.74) is 1.83. The molecule has 23 heavy (non-hydrogen) atoms. The Morgan fingerprint density at radius 2 is 1.96 bits per heavy atom. The summed E-state index contributed by atoms with van der Waals surface area (Å²) in [7, 11) is 0. The average Bonchev–Trinajstić information content (AvgIpc) is 2.91. The Bertz CT molecular complexity index is 792. The zero-order valence-corrected chi connectivity index (χ0v) is 15.5. The minimum Gasteiger partial charge on any atom is -0.349 e. The highest BCUT2D eigenvalue weighted by Crippen LogP contribution is 2.40. The molecule has 2 N–H and O–H groups in total. The molecule has 2 aliphatic rings. The van der Waals surface area contributed by atoms with Gasteiger partial charge in [0.25, 0.3) is 11.8 Å². The molecule has 0 unspecified atom stereocenters. The van der Waals surface area contributed by atoms with Crippen LogP contribution in [0.1, 0.15) is 49.7 Å². The molecule has 2 heterocycles. The van der Waals surface area contributed by atoms with Crippen molar-refractivity contribution in [2.24, 2.45) is 0 Å². The lowest BCUT2D eigenvalue weighted by molar-refractivity contribution is 0.0951. The van der Waals surface area contributed by atoms with Crippen molar-refractivity contribution >= 4 is 55.4 Å². The first-order valence-electron chi connectivity index (χ1n) is 7.64. The maximum Gasteiger partial charge on any atom is 0.266 e. The SMILES string of the molecule is O=C(Nc1sc2c(c1C(=O)NC1CC1)CCC2)c1ccc(Br)s1. The van der Waals surface area contributed by atoms with Gasteiger partial charge in [-0.15, -0.1) is 22.7 Å². The van der Waals surface area contributed by atoms with Crippen LogP contribution >= 0.6 is 38.6 Å². The Morgan fingerprint density at radius 1 is 1.13 bits per heavy atom. The van der Waals surface area contributed by atoms with E-state index in [4.69, 9.17) is 0 Å². The van der Waals surface area contributed by atoms with Crippen molar-refractivity contribution in [1.82, 2.24) is 5.32 Å². The van der Waals surface area contributed by atoms with Crippen molar-refractivity contribution in [1.29, 1.82) is 0 Å². The number of carbonyl (C=O) groups excluding carboxylic acids is 2. The van der Waals surface area contributed by atoms with Crippen LogP contribution in [0.25, 0.3) is 0 Å². The van der Waals surface area contributed by atoms with Crippen molar-refractivity contribution in [3.05, 3.63) is 36.8 Å². The molecule has 7 heteroatoms. The van der Waals surface area contributed by atoms with Gasteiger partial charge in [0.05, 0.1) is 14.2 Å². The average molecular weight is 411 g/mol. The van der Waals surface area contributed by atoms with Gasteiger partial charge >= 0.3 is 0 Å². The minimum absolute atomic E-state index is 0.0328. The number of hydrogen-bond donors (Lipinski definition) is 2. The quantitative estimate of drug-likeness (QED) is 0.792. The third-order valence-electron chi connectivity index (χ3n) is 4.08. The number of thiophene rings is 2. The first kappa shape index (κ1) is 15.4. The molecule has 2 aromatic heterocycles. The molecule has 1 fully saturated rings. The van der Waals surface area contributed by atoms with Gasteiger partial charge in [0.1, 0.15) is 5.00 Å². The largest absolute Gasteiger partial charge is 0.349 e. The second-order valence-electron chi connectivity index (χ2n) is 5.87. The highest BCUT2D eigenvalue weighted by Gasteiger charge is 2.31. The molecule has 1 saturated carbocycles. The van der Waals surface area contributed by atoms with Gasteiger partial charge in [-0.1, -0.05) is 0 Å². The van der Waals surface area contributed by atoms with E-state index in [0.29, 0.717) is 21.5 Å². The topological polar surface area (TPSA) is 58.2 Å². The molecule has 0 spiro atoms. The van der Waals surface area contributed by atoms with E-state index >= 15 is 0 Å². The van der Waals surface area contributed by atoms with Crippen molar-refractivity contribution in [2.75, 3.05) is 5.32 Å². The normalized spacial score (nSPS) is 16.2. The number of fused-ring (bicyclic) bond motifs is 1. The monoisotopic (exact) mass is 410 g/mol. The Morgan fingerprint density at radius 3 is 2.65 bits per heavy atom. The fraction of sp³-hybridized carbons (Fsp3) is 0.375. The summed E-state index contributed by atoms with van der Waals surface area (Å²) < 4.78 is 0.919. The molecule has 0 aliphatic heterocycles. The van der Waals surface area contributed by atoms with Crippen LogP contribution in [0.5, 0.6) is 0 Å². The summed E-state index contributed by atoms with van der Waals surface area (Å²) >= 11 is 6.31. The van der Waals surface area contributed by atoms with Gasteiger partial charge in [0, 0.05) is 10.9 Å². The summed E-state index contributed by atoms with van der Waals surface area (Å²) in [5.74, 6) is -0.185. The van der Waals surface area contributed by atoms with Crippen LogP contribution in [-0.4, -0.2) is 17.9 Å². The molecule has 0 aromatic carbocycles. The van der Waals surface area contributed by atoms with Gasteiger partial charge < -0.3 is 10.6 Å². The Labute approximate surface area is 150 Å². The van der Waals surface area contributed by atoms with Crippen molar-refractivity contribution < 1.29 is 9.59 Å². The summed E-state index contributed by atoms with van der Waals surface area (Å²) in [4.78, 5) is 26.9. The van der Waals surface area contributed by atoms with Crippen LogP contribution in [-0.2, 0) is 12.8 Å². The Hall–Kier alpha value is -1.18. The molecule has 0 bridgehead atoms. The Kier molecular flexibility index (Phi) is 4.03. The summed E-state index contributed by atoms with van der Waals surface area (Å²) in [6.07, 6.45) is 5.15. The molecule has 120 valence electrons. The second-order valence-corrected chi connectivity index (χ2v) is 9.44. The number of anilines is 1. The van der Waals surface area contributed by atoms with E-state index in [-0.39, 0.29) is 11.8 Å². The van der Waals surface area contributed by atoms with Crippen LogP contribution in [0.15, 0.2) is 15.9 Å². The van der Waals surface area contributed by atoms with E-state index in [0.717, 1.165) is 41.5 Å². The molecule has 0 atom stereocenters. The lowest BCUT2D eigenvalue weighted by atomic mass is 10.1. The maximum atomic E-state index is 12.6. The second kappa shape index (κ2) is 6.03. The van der Waals surface area contributed by atoms with Gasteiger partial charge in [0.15, 0.2) is 0 Å². The van der Waals surface area contributed by atoms with Crippen LogP contribution in [0.2, 0.25) is 0 Å². The van der Waals surface area contributed by atoms with E-state index in [1.807, 2.05) is 6.07 Å². The van der Waals surface area contributed by atoms with Crippen molar-refractivity contribution in [3.63, 3.8) is 0 Å². The Balaban J connectivity index is 1.62. The van der Waals surface area contributed by atoms with E-state index in [1.54, 1.807) is 17.4 Å². The van der Waals surface area contributed by atoms with Crippen LogP contribution in [0, 0.1) is 0 Å². The van der Waals surface area contributed by atoms with Crippen LogP contribution in [0.3, 0.4) is 0 Å². The summed E-state index contributed by atoms with van der Waals surface area (Å²) in [6.45, 7) is 0. The zero-order valence-electron chi connectivity index (χ0n) is 12.3. The zero-order chi connectivity index (χ0) is 16.0. The summed E-state index contributed by atoms with van der Waals surface area (Å²) in [5, 5.41) is 6.70. The lowest BCUT2D eigenvalue weighted by Gasteiger charge is -2.08. The number of nitrogens with one attached hydrogen (secondary N) is 2. The van der Waals surface area contributed by atoms with Crippen molar-refractivity contribution in [2.45, 2.75) is 38.1 Å². The molecule has 0 radical (unpaired) electrons. The molecule has 2 amide bonds. The van der Waals surface area contributed by atoms with E-state index in [2.05, 4.69) is 26.6 Å². The fourth-order valence-corrected chi connectivity index (χ4v) is 5.38. The number of carbonyl (C=O) groups is 2. The lowest BCUT2D eigenvalue weighted by Crippen LogP contribution is -2.27. The van der Waals surface area contributed by atoms with Gasteiger partial charge in [-0.3, -0.25) is 9.59 Å².